The highest BCUT2D eigenvalue weighted by atomic mass is 14.2. The first-order valence-corrected chi connectivity index (χ1v) is 17.3. The fourth-order valence-electron chi connectivity index (χ4n) is 8.09. The van der Waals surface area contributed by atoms with Gasteiger partial charge in [0.2, 0.25) is 0 Å². The standard InChI is InChI=1S/C50H32/c1-2-13-38-31-40(30-23-33(38)11-1)39-15-9-16-41(32-39)50-46-20-7-5-18-44(46)49(45-19-6-8-21-47(45)50)37-28-25-35(26-29-37)43-22-10-14-36-27-24-34-12-3-4-17-42(34)48(36)43/h1-32H. The Labute approximate surface area is 291 Å². The van der Waals surface area contributed by atoms with Crippen LogP contribution in [-0.4, -0.2) is 0 Å². The third-order valence-corrected chi connectivity index (χ3v) is 10.4. The van der Waals surface area contributed by atoms with Crippen molar-refractivity contribution in [2.75, 3.05) is 0 Å². The summed E-state index contributed by atoms with van der Waals surface area (Å²) < 4.78 is 0. The lowest BCUT2D eigenvalue weighted by Gasteiger charge is -2.18. The van der Waals surface area contributed by atoms with Crippen LogP contribution in [0.4, 0.5) is 0 Å². The molecule has 0 heteroatoms. The molecular formula is C50H32. The lowest BCUT2D eigenvalue weighted by molar-refractivity contribution is 1.62. The van der Waals surface area contributed by atoms with Crippen LogP contribution in [0.5, 0.6) is 0 Å². The summed E-state index contributed by atoms with van der Waals surface area (Å²) in [5, 5.41) is 12.7. The lowest BCUT2D eigenvalue weighted by atomic mass is 9.85. The topological polar surface area (TPSA) is 0 Å². The third kappa shape index (κ3) is 4.61. The molecule has 0 aliphatic rings. The summed E-state index contributed by atoms with van der Waals surface area (Å²) >= 11 is 0. The summed E-state index contributed by atoms with van der Waals surface area (Å²) in [5.74, 6) is 0. The predicted octanol–water partition coefficient (Wildman–Crippen LogP) is 14.1. The van der Waals surface area contributed by atoms with E-state index in [-0.39, 0.29) is 0 Å². The maximum atomic E-state index is 2.36. The summed E-state index contributed by atoms with van der Waals surface area (Å²) in [6, 6.07) is 71.3. The minimum atomic E-state index is 1.22. The molecule has 0 N–H and O–H groups in total. The van der Waals surface area contributed by atoms with Crippen molar-refractivity contribution in [2.45, 2.75) is 0 Å². The van der Waals surface area contributed by atoms with E-state index >= 15 is 0 Å². The Hall–Kier alpha value is -6.50. The quantitative estimate of drug-likeness (QED) is 0.134. The van der Waals surface area contributed by atoms with Crippen molar-refractivity contribution in [3.8, 4) is 44.5 Å². The van der Waals surface area contributed by atoms with E-state index in [1.165, 1.54) is 98.4 Å². The monoisotopic (exact) mass is 632 g/mol. The van der Waals surface area contributed by atoms with E-state index in [4.69, 9.17) is 0 Å². The predicted molar refractivity (Wildman–Crippen MR) is 216 cm³/mol. The van der Waals surface area contributed by atoms with E-state index in [1.54, 1.807) is 0 Å². The molecular weight excluding hydrogens is 601 g/mol. The second-order valence-corrected chi connectivity index (χ2v) is 13.3. The summed E-state index contributed by atoms with van der Waals surface area (Å²) in [7, 11) is 0. The smallest absolute Gasteiger partial charge is 0.00262 e. The zero-order chi connectivity index (χ0) is 33.0. The molecule has 10 aromatic carbocycles. The van der Waals surface area contributed by atoms with Gasteiger partial charge in [-0.1, -0.05) is 182 Å². The SMILES string of the molecule is c1cc(-c2ccc3ccccc3c2)cc(-c2c3ccccc3c(-c3ccc(-c4cccc5ccc6ccccc6c45)cc3)c3ccccc23)c1. The molecule has 0 unspecified atom stereocenters. The van der Waals surface area contributed by atoms with Gasteiger partial charge in [-0.15, -0.1) is 0 Å². The van der Waals surface area contributed by atoms with Crippen molar-refractivity contribution in [3.63, 3.8) is 0 Å². The van der Waals surface area contributed by atoms with Gasteiger partial charge in [0.05, 0.1) is 0 Å². The Kier molecular flexibility index (Phi) is 6.60. The molecule has 0 amide bonds. The number of fused-ring (bicyclic) bond motifs is 6. The fourth-order valence-corrected chi connectivity index (χ4v) is 8.09. The van der Waals surface area contributed by atoms with Crippen LogP contribution in [0, 0.1) is 0 Å². The minimum absolute atomic E-state index is 1.22. The lowest BCUT2D eigenvalue weighted by Crippen LogP contribution is -1.91. The van der Waals surface area contributed by atoms with Crippen molar-refractivity contribution in [1.29, 1.82) is 0 Å². The molecule has 0 saturated carbocycles. The Balaban J connectivity index is 1.14. The van der Waals surface area contributed by atoms with Crippen molar-refractivity contribution in [3.05, 3.63) is 194 Å². The molecule has 0 aliphatic heterocycles. The summed E-state index contributed by atoms with van der Waals surface area (Å²) in [6.45, 7) is 0. The van der Waals surface area contributed by atoms with Gasteiger partial charge in [0, 0.05) is 0 Å². The maximum Gasteiger partial charge on any atom is -0.00262 e. The molecule has 0 nitrogen and oxygen atoms in total. The molecule has 0 fully saturated rings. The van der Waals surface area contributed by atoms with Gasteiger partial charge >= 0.3 is 0 Å². The summed E-state index contributed by atoms with van der Waals surface area (Å²) in [4.78, 5) is 0. The van der Waals surface area contributed by atoms with E-state index in [0.29, 0.717) is 0 Å². The van der Waals surface area contributed by atoms with Crippen molar-refractivity contribution < 1.29 is 0 Å². The maximum absolute atomic E-state index is 2.36. The fraction of sp³-hybridized carbons (Fsp3) is 0. The molecule has 0 heterocycles. The van der Waals surface area contributed by atoms with Gasteiger partial charge in [0.15, 0.2) is 0 Å². The van der Waals surface area contributed by atoms with Gasteiger partial charge in [-0.3, -0.25) is 0 Å². The van der Waals surface area contributed by atoms with Crippen LogP contribution in [0.2, 0.25) is 0 Å². The molecule has 0 spiro atoms. The minimum Gasteiger partial charge on any atom is -0.0616 e. The molecule has 10 rings (SSSR count). The molecule has 0 aromatic heterocycles. The van der Waals surface area contributed by atoms with Crippen LogP contribution in [0.25, 0.3) is 98.4 Å². The van der Waals surface area contributed by atoms with Crippen LogP contribution in [0.3, 0.4) is 0 Å². The van der Waals surface area contributed by atoms with Crippen molar-refractivity contribution in [1.82, 2.24) is 0 Å². The number of hydrogen-bond acceptors (Lipinski definition) is 0. The average molecular weight is 633 g/mol. The highest BCUT2D eigenvalue weighted by Gasteiger charge is 2.17. The Bertz CT molecular complexity index is 2850. The van der Waals surface area contributed by atoms with Crippen LogP contribution in [0.15, 0.2) is 194 Å². The summed E-state index contributed by atoms with van der Waals surface area (Å²) in [6.07, 6.45) is 0. The van der Waals surface area contributed by atoms with Crippen LogP contribution in [-0.2, 0) is 0 Å². The first-order valence-electron chi connectivity index (χ1n) is 17.3. The van der Waals surface area contributed by atoms with E-state index in [9.17, 15) is 0 Å². The van der Waals surface area contributed by atoms with Crippen molar-refractivity contribution in [2.24, 2.45) is 0 Å². The molecule has 0 saturated heterocycles. The van der Waals surface area contributed by atoms with Gasteiger partial charge in [-0.25, -0.2) is 0 Å². The molecule has 0 atom stereocenters. The van der Waals surface area contributed by atoms with Gasteiger partial charge in [-0.05, 0) is 111 Å². The molecule has 50 heavy (non-hydrogen) atoms. The third-order valence-electron chi connectivity index (χ3n) is 10.4. The highest BCUT2D eigenvalue weighted by Crippen LogP contribution is 2.45. The first-order chi connectivity index (χ1) is 24.8. The molecule has 10 aromatic rings. The van der Waals surface area contributed by atoms with E-state index in [0.717, 1.165) is 0 Å². The van der Waals surface area contributed by atoms with Gasteiger partial charge in [0.1, 0.15) is 0 Å². The number of hydrogen-bond donors (Lipinski definition) is 0. The number of rotatable bonds is 4. The average Bonchev–Trinajstić information content (AvgIpc) is 3.19. The van der Waals surface area contributed by atoms with Gasteiger partial charge in [0.25, 0.3) is 0 Å². The van der Waals surface area contributed by atoms with Gasteiger partial charge < -0.3 is 0 Å². The second-order valence-electron chi connectivity index (χ2n) is 13.3. The molecule has 0 radical (unpaired) electrons. The van der Waals surface area contributed by atoms with E-state index < -0.39 is 0 Å². The normalized spacial score (nSPS) is 11.6. The molecule has 0 bridgehead atoms. The molecule has 0 aliphatic carbocycles. The number of benzene rings is 10. The summed E-state index contributed by atoms with van der Waals surface area (Å²) in [5.41, 5.74) is 9.96. The van der Waals surface area contributed by atoms with Gasteiger partial charge in [-0.2, -0.15) is 0 Å². The van der Waals surface area contributed by atoms with Crippen LogP contribution in [0.1, 0.15) is 0 Å². The first kappa shape index (κ1) is 28.5. The second kappa shape index (κ2) is 11.6. The largest absolute Gasteiger partial charge is 0.0616 e. The van der Waals surface area contributed by atoms with Crippen molar-refractivity contribution >= 4 is 53.9 Å². The van der Waals surface area contributed by atoms with Crippen LogP contribution >= 0.6 is 0 Å². The molecule has 232 valence electrons. The van der Waals surface area contributed by atoms with Crippen LogP contribution < -0.4 is 0 Å². The zero-order valence-electron chi connectivity index (χ0n) is 27.5. The Morgan fingerprint density at radius 1 is 0.220 bits per heavy atom. The zero-order valence-corrected chi connectivity index (χ0v) is 27.5. The van der Waals surface area contributed by atoms with E-state index in [2.05, 4.69) is 194 Å². The Morgan fingerprint density at radius 3 is 1.40 bits per heavy atom. The van der Waals surface area contributed by atoms with E-state index in [1.807, 2.05) is 0 Å². The highest BCUT2D eigenvalue weighted by molar-refractivity contribution is 6.21. The Morgan fingerprint density at radius 2 is 0.680 bits per heavy atom.